The van der Waals surface area contributed by atoms with E-state index in [0.717, 1.165) is 19.3 Å². The summed E-state index contributed by atoms with van der Waals surface area (Å²) >= 11 is 0. The fourth-order valence-electron chi connectivity index (χ4n) is 1.13. The normalized spacial score (nSPS) is 10.4. The van der Waals surface area contributed by atoms with Gasteiger partial charge in [0.05, 0.1) is 6.61 Å². The van der Waals surface area contributed by atoms with Gasteiger partial charge in [-0.05, 0) is 19.3 Å². The van der Waals surface area contributed by atoms with Gasteiger partial charge in [-0.25, -0.2) is 0 Å². The van der Waals surface area contributed by atoms with Crippen LogP contribution in [0.5, 0.6) is 0 Å². The number of hydrogen-bond acceptors (Lipinski definition) is 2. The van der Waals surface area contributed by atoms with Crippen LogP contribution in [0.4, 0.5) is 0 Å². The van der Waals surface area contributed by atoms with Crippen LogP contribution in [-0.4, -0.2) is 12.6 Å². The second-order valence-electron chi connectivity index (χ2n) is 3.21. The number of unbranched alkanes of at least 4 members (excludes halogenated alkanes) is 4. The molecule has 0 N–H and O–H groups in total. The first-order valence-corrected chi connectivity index (χ1v) is 5.18. The zero-order chi connectivity index (χ0) is 10.6. The number of allylic oxidation sites excluding steroid dienone is 3. The summed E-state index contributed by atoms with van der Waals surface area (Å²) in [5.74, 6) is -0.182. The molecule has 0 heterocycles. The minimum absolute atomic E-state index is 0.182. The van der Waals surface area contributed by atoms with E-state index in [1.807, 2.05) is 6.08 Å². The molecule has 0 radical (unpaired) electrons. The molecule has 0 amide bonds. The van der Waals surface area contributed by atoms with E-state index in [9.17, 15) is 4.79 Å². The van der Waals surface area contributed by atoms with Crippen molar-refractivity contribution in [2.24, 2.45) is 0 Å². The molecule has 14 heavy (non-hydrogen) atoms. The molecule has 0 aromatic carbocycles. The summed E-state index contributed by atoms with van der Waals surface area (Å²) in [5.41, 5.74) is 0. The van der Waals surface area contributed by atoms with Crippen molar-refractivity contribution in [3.05, 3.63) is 24.8 Å². The Kier molecular flexibility index (Phi) is 9.28. The molecule has 0 aliphatic heterocycles. The van der Waals surface area contributed by atoms with Crippen molar-refractivity contribution >= 4 is 5.97 Å². The quantitative estimate of drug-likeness (QED) is 0.338. The Balaban J connectivity index is 3.02. The highest BCUT2D eigenvalue weighted by molar-refractivity contribution is 5.65. The Labute approximate surface area is 86.6 Å². The summed E-state index contributed by atoms with van der Waals surface area (Å²) in [5, 5.41) is 0. The first kappa shape index (κ1) is 12.9. The molecule has 0 saturated heterocycles. The fourth-order valence-corrected chi connectivity index (χ4v) is 1.13. The van der Waals surface area contributed by atoms with Crippen molar-refractivity contribution in [2.45, 2.75) is 39.0 Å². The van der Waals surface area contributed by atoms with Gasteiger partial charge in [0, 0.05) is 6.92 Å². The van der Waals surface area contributed by atoms with Gasteiger partial charge in [-0.3, -0.25) is 4.79 Å². The lowest BCUT2D eigenvalue weighted by atomic mass is 10.1. The molecule has 0 rings (SSSR count). The number of hydrogen-bond donors (Lipinski definition) is 0. The van der Waals surface area contributed by atoms with E-state index < -0.39 is 0 Å². The summed E-state index contributed by atoms with van der Waals surface area (Å²) in [4.78, 5) is 10.4. The molecule has 0 aliphatic carbocycles. The highest BCUT2D eigenvalue weighted by atomic mass is 16.5. The average Bonchev–Trinajstić information content (AvgIpc) is 2.15. The largest absolute Gasteiger partial charge is 0.466 e. The van der Waals surface area contributed by atoms with Gasteiger partial charge < -0.3 is 4.74 Å². The van der Waals surface area contributed by atoms with Crippen molar-refractivity contribution in [3.63, 3.8) is 0 Å². The van der Waals surface area contributed by atoms with E-state index in [2.05, 4.69) is 12.7 Å². The van der Waals surface area contributed by atoms with Crippen LogP contribution in [0.1, 0.15) is 39.0 Å². The van der Waals surface area contributed by atoms with E-state index >= 15 is 0 Å². The highest BCUT2D eigenvalue weighted by Crippen LogP contribution is 2.03. The Morgan fingerprint density at radius 3 is 2.64 bits per heavy atom. The van der Waals surface area contributed by atoms with E-state index in [1.54, 1.807) is 6.08 Å². The molecule has 80 valence electrons. The van der Waals surface area contributed by atoms with Crippen molar-refractivity contribution in [3.8, 4) is 0 Å². The summed E-state index contributed by atoms with van der Waals surface area (Å²) < 4.78 is 4.82. The molecule has 0 spiro atoms. The van der Waals surface area contributed by atoms with Crippen LogP contribution in [0.15, 0.2) is 24.8 Å². The van der Waals surface area contributed by atoms with Crippen LogP contribution < -0.4 is 0 Å². The topological polar surface area (TPSA) is 26.3 Å². The van der Waals surface area contributed by atoms with Gasteiger partial charge >= 0.3 is 5.97 Å². The Hall–Kier alpha value is -1.05. The minimum atomic E-state index is -0.182. The molecule has 0 fully saturated rings. The third-order valence-corrected chi connectivity index (χ3v) is 1.84. The zero-order valence-electron chi connectivity index (χ0n) is 9.00. The number of esters is 1. The zero-order valence-corrected chi connectivity index (χ0v) is 9.00. The summed E-state index contributed by atoms with van der Waals surface area (Å²) in [6.45, 7) is 5.61. The van der Waals surface area contributed by atoms with E-state index in [4.69, 9.17) is 4.74 Å². The lowest BCUT2D eigenvalue weighted by Crippen LogP contribution is -1.99. The standard InChI is InChI=1S/C12H20O2/c1-3-4-5-6-7-8-9-10-11-14-12(2)13/h3-5H,1,6-11H2,2H3/b5-4+. The number of ether oxygens (including phenoxy) is 1. The van der Waals surface area contributed by atoms with Crippen LogP contribution in [0.3, 0.4) is 0 Å². The van der Waals surface area contributed by atoms with Gasteiger partial charge in [0.15, 0.2) is 0 Å². The average molecular weight is 196 g/mol. The maximum Gasteiger partial charge on any atom is 0.302 e. The third kappa shape index (κ3) is 11.0. The minimum Gasteiger partial charge on any atom is -0.466 e. The fraction of sp³-hybridized carbons (Fsp3) is 0.583. The van der Waals surface area contributed by atoms with Crippen LogP contribution in [0.25, 0.3) is 0 Å². The molecular formula is C12H20O2. The van der Waals surface area contributed by atoms with Crippen LogP contribution >= 0.6 is 0 Å². The second kappa shape index (κ2) is 10.0. The molecule has 0 saturated carbocycles. The molecule has 0 aromatic rings. The lowest BCUT2D eigenvalue weighted by Gasteiger charge is -2.00. The smallest absolute Gasteiger partial charge is 0.302 e. The van der Waals surface area contributed by atoms with Gasteiger partial charge in [0.25, 0.3) is 0 Å². The molecule has 0 atom stereocenters. The maximum atomic E-state index is 10.4. The predicted octanol–water partition coefficient (Wildman–Crippen LogP) is 3.24. The first-order valence-electron chi connectivity index (χ1n) is 5.18. The molecular weight excluding hydrogens is 176 g/mol. The van der Waals surface area contributed by atoms with Crippen LogP contribution in [0.2, 0.25) is 0 Å². The molecule has 2 heteroatoms. The monoisotopic (exact) mass is 196 g/mol. The van der Waals surface area contributed by atoms with Gasteiger partial charge in [0.1, 0.15) is 0 Å². The number of carbonyl (C=O) groups is 1. The van der Waals surface area contributed by atoms with Gasteiger partial charge in [-0.1, -0.05) is 37.6 Å². The van der Waals surface area contributed by atoms with Crippen LogP contribution in [0, 0.1) is 0 Å². The Bertz CT molecular complexity index is 183. The van der Waals surface area contributed by atoms with Gasteiger partial charge in [0.2, 0.25) is 0 Å². The van der Waals surface area contributed by atoms with Crippen molar-refractivity contribution in [1.29, 1.82) is 0 Å². The molecule has 0 bridgehead atoms. The Morgan fingerprint density at radius 2 is 2.00 bits per heavy atom. The Morgan fingerprint density at radius 1 is 1.29 bits per heavy atom. The van der Waals surface area contributed by atoms with Gasteiger partial charge in [-0.2, -0.15) is 0 Å². The van der Waals surface area contributed by atoms with Crippen molar-refractivity contribution in [1.82, 2.24) is 0 Å². The van der Waals surface area contributed by atoms with E-state index in [0.29, 0.717) is 6.61 Å². The predicted molar refractivity (Wildman–Crippen MR) is 59.1 cm³/mol. The van der Waals surface area contributed by atoms with Crippen LogP contribution in [-0.2, 0) is 9.53 Å². The van der Waals surface area contributed by atoms with E-state index in [1.165, 1.54) is 19.8 Å². The van der Waals surface area contributed by atoms with E-state index in [-0.39, 0.29) is 5.97 Å². The molecule has 0 aliphatic rings. The maximum absolute atomic E-state index is 10.4. The molecule has 0 aromatic heterocycles. The summed E-state index contributed by atoms with van der Waals surface area (Å²) in [7, 11) is 0. The first-order chi connectivity index (χ1) is 6.77. The summed E-state index contributed by atoms with van der Waals surface area (Å²) in [6.07, 6.45) is 11.5. The molecule has 0 unspecified atom stereocenters. The third-order valence-electron chi connectivity index (χ3n) is 1.84. The number of rotatable bonds is 8. The lowest BCUT2D eigenvalue weighted by molar-refractivity contribution is -0.141. The SMILES string of the molecule is C=C/C=C/CCCCCCOC(C)=O. The number of carbonyl (C=O) groups excluding carboxylic acids is 1. The molecule has 2 nitrogen and oxygen atoms in total. The second-order valence-corrected chi connectivity index (χ2v) is 3.21. The summed E-state index contributed by atoms with van der Waals surface area (Å²) in [6, 6.07) is 0. The van der Waals surface area contributed by atoms with Gasteiger partial charge in [-0.15, -0.1) is 0 Å². The van der Waals surface area contributed by atoms with Crippen molar-refractivity contribution in [2.75, 3.05) is 6.61 Å². The van der Waals surface area contributed by atoms with Crippen molar-refractivity contribution < 1.29 is 9.53 Å². The highest BCUT2D eigenvalue weighted by Gasteiger charge is 1.92.